The van der Waals surface area contributed by atoms with E-state index < -0.39 is 0 Å². The zero-order valence-corrected chi connectivity index (χ0v) is 11.7. The van der Waals surface area contributed by atoms with Gasteiger partial charge in [-0.15, -0.1) is 0 Å². The third kappa shape index (κ3) is 2.81. The molecule has 2 aliphatic rings. The molecule has 104 valence electrons. The van der Waals surface area contributed by atoms with Gasteiger partial charge < -0.3 is 15.2 Å². The summed E-state index contributed by atoms with van der Waals surface area (Å²) in [7, 11) is 0. The quantitative estimate of drug-likeness (QED) is 0.924. The van der Waals surface area contributed by atoms with Gasteiger partial charge in [0.2, 0.25) is 6.79 Å². The number of hydrogen-bond donors (Lipinski definition) is 1. The van der Waals surface area contributed by atoms with E-state index >= 15 is 0 Å². The monoisotopic (exact) mass is 282 g/mol. The van der Waals surface area contributed by atoms with Crippen LogP contribution in [0.1, 0.15) is 18.4 Å². The highest BCUT2D eigenvalue weighted by atomic mass is 35.5. The van der Waals surface area contributed by atoms with Crippen molar-refractivity contribution in [3.05, 3.63) is 22.7 Å². The van der Waals surface area contributed by atoms with Gasteiger partial charge in [-0.3, -0.25) is 4.90 Å². The van der Waals surface area contributed by atoms with E-state index in [0.29, 0.717) is 16.7 Å². The Balaban J connectivity index is 1.66. The number of halogens is 1. The number of benzene rings is 1. The van der Waals surface area contributed by atoms with Crippen molar-refractivity contribution >= 4 is 11.6 Å². The Kier molecular flexibility index (Phi) is 3.82. The first-order valence-corrected chi connectivity index (χ1v) is 7.14. The Labute approximate surface area is 118 Å². The topological polar surface area (TPSA) is 47.7 Å². The minimum absolute atomic E-state index is 0.264. The minimum Gasteiger partial charge on any atom is -0.454 e. The van der Waals surface area contributed by atoms with E-state index in [0.717, 1.165) is 31.9 Å². The van der Waals surface area contributed by atoms with Gasteiger partial charge in [-0.05, 0) is 56.1 Å². The molecule has 0 saturated carbocycles. The molecule has 0 spiro atoms. The summed E-state index contributed by atoms with van der Waals surface area (Å²) >= 11 is 6.20. The van der Waals surface area contributed by atoms with Crippen molar-refractivity contribution in [1.29, 1.82) is 0 Å². The van der Waals surface area contributed by atoms with E-state index in [1.165, 1.54) is 18.4 Å². The highest BCUT2D eigenvalue weighted by Crippen LogP contribution is 2.40. The maximum atomic E-state index is 6.20. The number of likely N-dealkylation sites (tertiary alicyclic amines) is 1. The minimum atomic E-state index is 0.264. The second-order valence-electron chi connectivity index (χ2n) is 5.27. The van der Waals surface area contributed by atoms with Crippen molar-refractivity contribution in [2.45, 2.75) is 19.4 Å². The Bertz CT molecular complexity index is 459. The SMILES string of the molecule is NCC1CCN(Cc2cc(Cl)c3c(c2)OCO3)CC1. The van der Waals surface area contributed by atoms with Gasteiger partial charge in [0.05, 0.1) is 5.02 Å². The highest BCUT2D eigenvalue weighted by Gasteiger charge is 2.21. The first kappa shape index (κ1) is 13.0. The zero-order valence-electron chi connectivity index (χ0n) is 10.9. The summed E-state index contributed by atoms with van der Waals surface area (Å²) < 4.78 is 10.7. The second-order valence-corrected chi connectivity index (χ2v) is 5.67. The molecule has 0 aliphatic carbocycles. The van der Waals surface area contributed by atoms with Crippen LogP contribution in [0.15, 0.2) is 12.1 Å². The molecule has 0 unspecified atom stereocenters. The molecule has 5 heteroatoms. The molecule has 1 fully saturated rings. The molecule has 3 rings (SSSR count). The number of ether oxygens (including phenoxy) is 2. The predicted octanol–water partition coefficient (Wildman–Crippen LogP) is 2.24. The van der Waals surface area contributed by atoms with Crippen LogP contribution in [0.25, 0.3) is 0 Å². The molecule has 1 saturated heterocycles. The number of fused-ring (bicyclic) bond motifs is 1. The van der Waals surface area contributed by atoms with Gasteiger partial charge in [-0.25, -0.2) is 0 Å². The van der Waals surface area contributed by atoms with Crippen LogP contribution >= 0.6 is 11.6 Å². The molecule has 0 bridgehead atoms. The van der Waals surface area contributed by atoms with Crippen LogP contribution in [0.4, 0.5) is 0 Å². The van der Waals surface area contributed by atoms with Gasteiger partial charge >= 0.3 is 0 Å². The van der Waals surface area contributed by atoms with E-state index in [9.17, 15) is 0 Å². The summed E-state index contributed by atoms with van der Waals surface area (Å²) in [6.45, 7) is 4.19. The summed E-state index contributed by atoms with van der Waals surface area (Å²) in [6.07, 6.45) is 2.38. The lowest BCUT2D eigenvalue weighted by atomic mass is 9.97. The maximum Gasteiger partial charge on any atom is 0.231 e. The smallest absolute Gasteiger partial charge is 0.231 e. The van der Waals surface area contributed by atoms with Crippen LogP contribution < -0.4 is 15.2 Å². The number of rotatable bonds is 3. The molecular formula is C14H19ClN2O2. The Morgan fingerprint density at radius 3 is 2.79 bits per heavy atom. The van der Waals surface area contributed by atoms with Crippen LogP contribution in [0.3, 0.4) is 0 Å². The van der Waals surface area contributed by atoms with Crippen LogP contribution in [-0.2, 0) is 6.54 Å². The van der Waals surface area contributed by atoms with Gasteiger partial charge in [0.1, 0.15) is 0 Å². The molecule has 0 atom stereocenters. The lowest BCUT2D eigenvalue weighted by Crippen LogP contribution is -2.35. The molecular weight excluding hydrogens is 264 g/mol. The van der Waals surface area contributed by atoms with Crippen molar-refractivity contribution in [2.75, 3.05) is 26.4 Å². The molecule has 1 aromatic rings. The van der Waals surface area contributed by atoms with Crippen LogP contribution in [-0.4, -0.2) is 31.3 Å². The molecule has 2 aliphatic heterocycles. The fourth-order valence-electron chi connectivity index (χ4n) is 2.75. The number of hydrogen-bond acceptors (Lipinski definition) is 4. The summed E-state index contributed by atoms with van der Waals surface area (Å²) in [5.74, 6) is 2.13. The standard InChI is InChI=1S/C14H19ClN2O2/c15-12-5-11(6-13-14(12)19-9-18-13)8-17-3-1-10(7-16)2-4-17/h5-6,10H,1-4,7-9,16H2. The predicted molar refractivity (Wildman–Crippen MR) is 74.6 cm³/mol. The van der Waals surface area contributed by atoms with Crippen molar-refractivity contribution < 1.29 is 9.47 Å². The van der Waals surface area contributed by atoms with E-state index in [1.807, 2.05) is 12.1 Å². The Morgan fingerprint density at radius 2 is 2.05 bits per heavy atom. The normalized spacial score (nSPS) is 19.9. The zero-order chi connectivity index (χ0) is 13.2. The van der Waals surface area contributed by atoms with E-state index in [4.69, 9.17) is 26.8 Å². The van der Waals surface area contributed by atoms with Gasteiger partial charge in [-0.2, -0.15) is 0 Å². The van der Waals surface area contributed by atoms with Crippen molar-refractivity contribution in [2.24, 2.45) is 11.7 Å². The van der Waals surface area contributed by atoms with Crippen LogP contribution in [0.5, 0.6) is 11.5 Å². The van der Waals surface area contributed by atoms with Crippen LogP contribution in [0.2, 0.25) is 5.02 Å². The van der Waals surface area contributed by atoms with Crippen LogP contribution in [0, 0.1) is 5.92 Å². The van der Waals surface area contributed by atoms with Crippen molar-refractivity contribution in [3.8, 4) is 11.5 Å². The lowest BCUT2D eigenvalue weighted by Gasteiger charge is -2.31. The van der Waals surface area contributed by atoms with Gasteiger partial charge in [0, 0.05) is 6.54 Å². The molecule has 0 amide bonds. The van der Waals surface area contributed by atoms with Crippen molar-refractivity contribution in [1.82, 2.24) is 4.90 Å². The average molecular weight is 283 g/mol. The van der Waals surface area contributed by atoms with E-state index in [-0.39, 0.29) is 6.79 Å². The third-order valence-corrected chi connectivity index (χ3v) is 4.21. The molecule has 19 heavy (non-hydrogen) atoms. The Hall–Kier alpha value is -0.970. The number of nitrogens with two attached hydrogens (primary N) is 1. The average Bonchev–Trinajstić information content (AvgIpc) is 2.88. The molecule has 1 aromatic carbocycles. The third-order valence-electron chi connectivity index (χ3n) is 3.93. The van der Waals surface area contributed by atoms with Gasteiger partial charge in [-0.1, -0.05) is 11.6 Å². The molecule has 2 N–H and O–H groups in total. The van der Waals surface area contributed by atoms with Gasteiger partial charge in [0.15, 0.2) is 11.5 Å². The summed E-state index contributed by atoms with van der Waals surface area (Å²) in [5.41, 5.74) is 6.90. The Morgan fingerprint density at radius 1 is 1.26 bits per heavy atom. The largest absolute Gasteiger partial charge is 0.454 e. The first-order chi connectivity index (χ1) is 9.26. The summed E-state index contributed by atoms with van der Waals surface area (Å²) in [5, 5.41) is 0.641. The molecule has 0 aromatic heterocycles. The van der Waals surface area contributed by atoms with E-state index in [2.05, 4.69) is 4.90 Å². The highest BCUT2D eigenvalue weighted by molar-refractivity contribution is 6.32. The lowest BCUT2D eigenvalue weighted by molar-refractivity contribution is 0.173. The number of nitrogens with zero attached hydrogens (tertiary/aromatic N) is 1. The molecule has 0 radical (unpaired) electrons. The molecule has 2 heterocycles. The summed E-state index contributed by atoms with van der Waals surface area (Å²) in [4.78, 5) is 2.44. The fourth-order valence-corrected chi connectivity index (χ4v) is 3.04. The number of piperidine rings is 1. The van der Waals surface area contributed by atoms with Gasteiger partial charge in [0.25, 0.3) is 0 Å². The van der Waals surface area contributed by atoms with E-state index in [1.54, 1.807) is 0 Å². The summed E-state index contributed by atoms with van der Waals surface area (Å²) in [6, 6.07) is 4.01. The fraction of sp³-hybridized carbons (Fsp3) is 0.571. The van der Waals surface area contributed by atoms with Crippen molar-refractivity contribution in [3.63, 3.8) is 0 Å². The second kappa shape index (κ2) is 5.57. The maximum absolute atomic E-state index is 6.20. The first-order valence-electron chi connectivity index (χ1n) is 6.76. The molecule has 4 nitrogen and oxygen atoms in total.